The number of hydrogen-bond donors (Lipinski definition) is 0. The fraction of sp³-hybridized carbons (Fsp3) is 0.625. The van der Waals surface area contributed by atoms with Crippen LogP contribution in [0.3, 0.4) is 0 Å². The number of rotatable bonds is 8. The Kier molecular flexibility index (Phi) is 8.97. The van der Waals surface area contributed by atoms with Gasteiger partial charge in [-0.05, 0) is 50.8 Å². The van der Waals surface area contributed by atoms with Crippen LogP contribution < -0.4 is 4.90 Å². The second-order valence-electron chi connectivity index (χ2n) is 8.81. The maximum atomic E-state index is 12.6. The summed E-state index contributed by atoms with van der Waals surface area (Å²) in [4.78, 5) is 45.4. The van der Waals surface area contributed by atoms with Crippen molar-refractivity contribution in [1.29, 1.82) is 0 Å². The van der Waals surface area contributed by atoms with Crippen LogP contribution in [0, 0.1) is 0 Å². The lowest BCUT2D eigenvalue weighted by atomic mass is 10.0. The lowest BCUT2D eigenvalue weighted by Gasteiger charge is -2.36. The van der Waals surface area contributed by atoms with Crippen LogP contribution in [0.25, 0.3) is 0 Å². The summed E-state index contributed by atoms with van der Waals surface area (Å²) in [5.74, 6) is -0.271. The molecule has 33 heavy (non-hydrogen) atoms. The van der Waals surface area contributed by atoms with Gasteiger partial charge >= 0.3 is 12.0 Å². The van der Waals surface area contributed by atoms with E-state index in [1.165, 1.54) is 4.90 Å². The van der Waals surface area contributed by atoms with Crippen molar-refractivity contribution in [3.8, 4) is 0 Å². The number of nitrogens with zero attached hydrogens (tertiary/aromatic N) is 4. The number of fused-ring (bicyclic) bond motifs is 1. The smallest absolute Gasteiger partial charge is 0.340 e. The highest BCUT2D eigenvalue weighted by Crippen LogP contribution is 2.27. The minimum Gasteiger partial charge on any atom is -0.462 e. The van der Waals surface area contributed by atoms with Gasteiger partial charge in [0.25, 0.3) is 5.91 Å². The quantitative estimate of drug-likeness (QED) is 0.422. The third-order valence-corrected chi connectivity index (χ3v) is 6.66. The van der Waals surface area contributed by atoms with Crippen molar-refractivity contribution in [2.45, 2.75) is 45.1 Å². The average molecular weight is 479 g/mol. The van der Waals surface area contributed by atoms with Crippen molar-refractivity contribution in [3.05, 3.63) is 29.8 Å². The van der Waals surface area contributed by atoms with Gasteiger partial charge in [-0.2, -0.15) is 0 Å². The van der Waals surface area contributed by atoms with Crippen LogP contribution in [-0.4, -0.2) is 91.1 Å². The van der Waals surface area contributed by atoms with Crippen molar-refractivity contribution >= 4 is 36.0 Å². The number of ether oxygens (including phenoxy) is 1. The Morgan fingerprint density at radius 1 is 1.03 bits per heavy atom. The molecule has 0 bridgehead atoms. The van der Waals surface area contributed by atoms with Crippen molar-refractivity contribution in [2.24, 2.45) is 0 Å². The Balaban J connectivity index is 0.00000306. The third-order valence-electron chi connectivity index (χ3n) is 6.66. The van der Waals surface area contributed by atoms with Gasteiger partial charge in [-0.3, -0.25) is 14.6 Å². The number of esters is 1. The normalized spacial score (nSPS) is 21.1. The van der Waals surface area contributed by atoms with Gasteiger partial charge in [0.1, 0.15) is 6.04 Å². The van der Waals surface area contributed by atoms with E-state index in [0.29, 0.717) is 25.3 Å². The van der Waals surface area contributed by atoms with Crippen LogP contribution in [0.4, 0.5) is 10.5 Å². The molecular formula is C24H35ClN4O4. The predicted octanol–water partition coefficient (Wildman–Crippen LogP) is 3.00. The molecule has 1 atom stereocenters. The number of hydrogen-bond acceptors (Lipinski definition) is 6. The Bertz CT molecular complexity index is 820. The summed E-state index contributed by atoms with van der Waals surface area (Å²) in [5, 5.41) is 0. The summed E-state index contributed by atoms with van der Waals surface area (Å²) in [7, 11) is 0. The lowest BCUT2D eigenvalue weighted by Crippen LogP contribution is -2.47. The summed E-state index contributed by atoms with van der Waals surface area (Å²) in [6.45, 7) is 7.91. The first-order valence-corrected chi connectivity index (χ1v) is 12.0. The second kappa shape index (κ2) is 11.7. The molecule has 4 rings (SSSR count). The zero-order valence-electron chi connectivity index (χ0n) is 19.4. The monoisotopic (exact) mass is 478 g/mol. The van der Waals surface area contributed by atoms with Gasteiger partial charge in [0.2, 0.25) is 0 Å². The van der Waals surface area contributed by atoms with E-state index in [2.05, 4.69) is 9.80 Å². The molecule has 0 aromatic heterocycles. The molecule has 182 valence electrons. The summed E-state index contributed by atoms with van der Waals surface area (Å²) < 4.78 is 5.35. The summed E-state index contributed by atoms with van der Waals surface area (Å²) in [6.07, 6.45) is 4.42. The molecule has 3 fully saturated rings. The van der Waals surface area contributed by atoms with Gasteiger partial charge in [-0.25, -0.2) is 9.59 Å². The molecule has 0 N–H and O–H groups in total. The molecule has 3 aliphatic heterocycles. The molecule has 1 aromatic rings. The standard InChI is InChI=1S/C24H34N4O4.ClH/c1-2-18-32-23(30)19-8-3-4-9-20(19)26-16-14-25(15-17-26)11-7-13-28-22(29)21-10-5-6-12-27(21)24(28)31;/h3-4,8-9,21H,2,5-7,10-18H2,1H3;1H. The van der Waals surface area contributed by atoms with Crippen molar-refractivity contribution in [2.75, 3.05) is 57.3 Å². The van der Waals surface area contributed by atoms with Gasteiger partial charge in [0.15, 0.2) is 0 Å². The van der Waals surface area contributed by atoms with Crippen LogP contribution in [0.5, 0.6) is 0 Å². The van der Waals surface area contributed by atoms with Crippen LogP contribution >= 0.6 is 12.4 Å². The van der Waals surface area contributed by atoms with Crippen molar-refractivity contribution < 1.29 is 19.1 Å². The van der Waals surface area contributed by atoms with E-state index in [1.807, 2.05) is 31.2 Å². The molecule has 0 aliphatic carbocycles. The minimum absolute atomic E-state index is 0. The highest BCUT2D eigenvalue weighted by atomic mass is 35.5. The van der Waals surface area contributed by atoms with Crippen LogP contribution in [-0.2, 0) is 9.53 Å². The van der Waals surface area contributed by atoms with Crippen LogP contribution in [0.2, 0.25) is 0 Å². The van der Waals surface area contributed by atoms with Gasteiger partial charge < -0.3 is 14.5 Å². The molecule has 3 aliphatic rings. The third kappa shape index (κ3) is 5.61. The van der Waals surface area contributed by atoms with E-state index in [-0.39, 0.29) is 36.4 Å². The summed E-state index contributed by atoms with van der Waals surface area (Å²) in [6, 6.07) is 7.32. The van der Waals surface area contributed by atoms with E-state index < -0.39 is 0 Å². The lowest BCUT2D eigenvalue weighted by molar-refractivity contribution is -0.128. The first kappa shape index (κ1) is 25.3. The molecule has 0 radical (unpaired) electrons. The van der Waals surface area contributed by atoms with E-state index in [0.717, 1.165) is 70.5 Å². The van der Waals surface area contributed by atoms with Crippen molar-refractivity contribution in [3.63, 3.8) is 0 Å². The van der Waals surface area contributed by atoms with Gasteiger partial charge in [0, 0.05) is 39.3 Å². The molecule has 3 heterocycles. The van der Waals surface area contributed by atoms with E-state index >= 15 is 0 Å². The second-order valence-corrected chi connectivity index (χ2v) is 8.81. The Labute approximate surface area is 202 Å². The number of carbonyl (C=O) groups excluding carboxylic acids is 3. The number of carbonyl (C=O) groups is 3. The molecule has 0 spiro atoms. The highest BCUT2D eigenvalue weighted by Gasteiger charge is 2.45. The number of halogens is 1. The zero-order valence-corrected chi connectivity index (χ0v) is 20.2. The van der Waals surface area contributed by atoms with Crippen LogP contribution in [0.1, 0.15) is 49.4 Å². The Morgan fingerprint density at radius 3 is 2.52 bits per heavy atom. The first-order valence-electron chi connectivity index (χ1n) is 12.0. The number of amides is 3. The maximum Gasteiger partial charge on any atom is 0.340 e. The van der Waals surface area contributed by atoms with Crippen LogP contribution in [0.15, 0.2) is 24.3 Å². The Hall–Kier alpha value is -2.32. The summed E-state index contributed by atoms with van der Waals surface area (Å²) in [5.41, 5.74) is 1.55. The molecule has 3 saturated heterocycles. The number of piperidine rings is 1. The van der Waals surface area contributed by atoms with Gasteiger partial charge in [-0.15, -0.1) is 12.4 Å². The highest BCUT2D eigenvalue weighted by molar-refractivity contribution is 6.04. The van der Waals surface area contributed by atoms with Crippen molar-refractivity contribution in [1.82, 2.24) is 14.7 Å². The fourth-order valence-corrected chi connectivity index (χ4v) is 4.91. The fourth-order valence-electron chi connectivity index (χ4n) is 4.91. The van der Waals surface area contributed by atoms with E-state index in [4.69, 9.17) is 4.74 Å². The number of benzene rings is 1. The number of imide groups is 1. The molecule has 9 heteroatoms. The average Bonchev–Trinajstić information content (AvgIpc) is 3.08. The van der Waals surface area contributed by atoms with Gasteiger partial charge in [0.05, 0.1) is 17.9 Å². The molecular weight excluding hydrogens is 444 g/mol. The molecule has 1 unspecified atom stereocenters. The number of anilines is 1. The molecule has 0 saturated carbocycles. The predicted molar refractivity (Wildman–Crippen MR) is 129 cm³/mol. The first-order chi connectivity index (χ1) is 15.6. The Morgan fingerprint density at radius 2 is 1.79 bits per heavy atom. The molecule has 3 amide bonds. The summed E-state index contributed by atoms with van der Waals surface area (Å²) >= 11 is 0. The maximum absolute atomic E-state index is 12.6. The minimum atomic E-state index is -0.263. The molecule has 1 aromatic carbocycles. The largest absolute Gasteiger partial charge is 0.462 e. The molecule has 8 nitrogen and oxygen atoms in total. The SMILES string of the molecule is CCCOC(=O)c1ccccc1N1CCN(CCCN2C(=O)C3CCCCN3C2=O)CC1.Cl. The topological polar surface area (TPSA) is 73.4 Å². The zero-order chi connectivity index (χ0) is 22.5. The van der Waals surface area contributed by atoms with E-state index in [9.17, 15) is 14.4 Å². The van der Waals surface area contributed by atoms with Gasteiger partial charge in [-0.1, -0.05) is 19.1 Å². The number of urea groups is 1. The number of para-hydroxylation sites is 1. The number of piperazine rings is 1. The van der Waals surface area contributed by atoms with E-state index in [1.54, 1.807) is 4.90 Å².